The summed E-state index contributed by atoms with van der Waals surface area (Å²) in [4.78, 5) is 0. The SMILES string of the molecule is CCCC/C(=C/C(=N)N)NC. The number of nitrogens with one attached hydrogen (secondary N) is 2. The quantitative estimate of drug-likeness (QED) is 0.413. The number of hydrogen-bond acceptors (Lipinski definition) is 2. The molecule has 0 bridgehead atoms. The van der Waals surface area contributed by atoms with Gasteiger partial charge < -0.3 is 11.1 Å². The van der Waals surface area contributed by atoms with Gasteiger partial charge in [-0.05, 0) is 18.9 Å². The highest BCUT2D eigenvalue weighted by Gasteiger charge is 1.92. The van der Waals surface area contributed by atoms with Crippen LogP contribution in [0.15, 0.2) is 11.8 Å². The van der Waals surface area contributed by atoms with Crippen molar-refractivity contribution in [1.82, 2.24) is 5.32 Å². The van der Waals surface area contributed by atoms with E-state index < -0.39 is 0 Å². The van der Waals surface area contributed by atoms with Crippen LogP contribution in [-0.4, -0.2) is 12.9 Å². The van der Waals surface area contributed by atoms with Crippen LogP contribution in [-0.2, 0) is 0 Å². The first-order chi connectivity index (χ1) is 5.20. The molecule has 0 aromatic heterocycles. The van der Waals surface area contributed by atoms with Gasteiger partial charge in [-0.1, -0.05) is 13.3 Å². The molecular formula is C8H17N3. The largest absolute Gasteiger partial charge is 0.391 e. The van der Waals surface area contributed by atoms with Crippen molar-refractivity contribution in [2.75, 3.05) is 7.05 Å². The Morgan fingerprint density at radius 2 is 2.27 bits per heavy atom. The van der Waals surface area contributed by atoms with Gasteiger partial charge in [0, 0.05) is 12.7 Å². The molecule has 64 valence electrons. The van der Waals surface area contributed by atoms with E-state index in [1.165, 1.54) is 0 Å². The highest BCUT2D eigenvalue weighted by atomic mass is 14.8. The monoisotopic (exact) mass is 155 g/mol. The van der Waals surface area contributed by atoms with E-state index in [1.54, 1.807) is 6.08 Å². The van der Waals surface area contributed by atoms with Crippen LogP contribution < -0.4 is 11.1 Å². The topological polar surface area (TPSA) is 61.9 Å². The summed E-state index contributed by atoms with van der Waals surface area (Å²) >= 11 is 0. The summed E-state index contributed by atoms with van der Waals surface area (Å²) in [5, 5.41) is 10.0. The second kappa shape index (κ2) is 5.77. The van der Waals surface area contributed by atoms with Crippen molar-refractivity contribution >= 4 is 5.84 Å². The van der Waals surface area contributed by atoms with Crippen LogP contribution in [0.4, 0.5) is 0 Å². The molecule has 0 saturated carbocycles. The Kier molecular flexibility index (Phi) is 5.25. The van der Waals surface area contributed by atoms with Crippen molar-refractivity contribution in [1.29, 1.82) is 5.41 Å². The van der Waals surface area contributed by atoms with E-state index in [4.69, 9.17) is 11.1 Å². The molecule has 0 heterocycles. The van der Waals surface area contributed by atoms with E-state index in [0.29, 0.717) is 0 Å². The molecule has 0 aliphatic heterocycles. The molecule has 0 fully saturated rings. The van der Waals surface area contributed by atoms with Gasteiger partial charge in [-0.15, -0.1) is 0 Å². The Labute approximate surface area is 68.2 Å². The maximum Gasteiger partial charge on any atom is 0.117 e. The first kappa shape index (κ1) is 10.0. The minimum atomic E-state index is 0.116. The number of allylic oxidation sites excluding steroid dienone is 1. The van der Waals surface area contributed by atoms with Gasteiger partial charge in [-0.2, -0.15) is 0 Å². The number of hydrogen-bond donors (Lipinski definition) is 3. The lowest BCUT2D eigenvalue weighted by atomic mass is 10.2. The molecule has 0 atom stereocenters. The van der Waals surface area contributed by atoms with Crippen LogP contribution in [0.2, 0.25) is 0 Å². The van der Waals surface area contributed by atoms with E-state index in [-0.39, 0.29) is 5.84 Å². The maximum atomic E-state index is 7.02. The number of unbranched alkanes of at least 4 members (excludes halogenated alkanes) is 1. The standard InChI is InChI=1S/C8H17N3/c1-3-4-5-7(11-2)6-8(9)10/h6,11H,3-5H2,1-2H3,(H3,9,10)/b7-6-. The third kappa shape index (κ3) is 5.45. The number of nitrogens with two attached hydrogens (primary N) is 1. The molecule has 0 saturated heterocycles. The summed E-state index contributed by atoms with van der Waals surface area (Å²) in [7, 11) is 1.85. The van der Waals surface area contributed by atoms with Gasteiger partial charge in [0.1, 0.15) is 5.84 Å². The number of amidine groups is 1. The molecule has 0 amide bonds. The van der Waals surface area contributed by atoms with Gasteiger partial charge in [0.15, 0.2) is 0 Å². The van der Waals surface area contributed by atoms with E-state index in [1.807, 2.05) is 7.05 Å². The van der Waals surface area contributed by atoms with Crippen molar-refractivity contribution in [2.45, 2.75) is 26.2 Å². The molecule has 0 aliphatic rings. The maximum absolute atomic E-state index is 7.02. The van der Waals surface area contributed by atoms with Gasteiger partial charge in [-0.25, -0.2) is 0 Å². The second-order valence-corrected chi connectivity index (χ2v) is 2.48. The fourth-order valence-electron chi connectivity index (χ4n) is 0.824. The molecule has 0 aromatic carbocycles. The van der Waals surface area contributed by atoms with E-state index in [9.17, 15) is 0 Å². The molecule has 11 heavy (non-hydrogen) atoms. The van der Waals surface area contributed by atoms with Crippen LogP contribution in [0.3, 0.4) is 0 Å². The summed E-state index contributed by atoms with van der Waals surface area (Å²) in [6.07, 6.45) is 4.94. The van der Waals surface area contributed by atoms with Gasteiger partial charge in [-0.3, -0.25) is 5.41 Å². The van der Waals surface area contributed by atoms with E-state index in [0.717, 1.165) is 25.0 Å². The highest BCUT2D eigenvalue weighted by molar-refractivity contribution is 5.89. The minimum Gasteiger partial charge on any atom is -0.391 e. The Bertz CT molecular complexity index is 149. The predicted octanol–water partition coefficient (Wildman–Crippen LogP) is 1.22. The lowest BCUT2D eigenvalue weighted by Gasteiger charge is -2.04. The third-order valence-corrected chi connectivity index (χ3v) is 1.45. The molecule has 3 nitrogen and oxygen atoms in total. The Morgan fingerprint density at radius 1 is 1.64 bits per heavy atom. The smallest absolute Gasteiger partial charge is 0.117 e. The fraction of sp³-hybridized carbons (Fsp3) is 0.625. The Morgan fingerprint density at radius 3 is 2.64 bits per heavy atom. The van der Waals surface area contributed by atoms with Crippen LogP contribution in [0.25, 0.3) is 0 Å². The fourth-order valence-corrected chi connectivity index (χ4v) is 0.824. The first-order valence-electron chi connectivity index (χ1n) is 3.93. The number of rotatable bonds is 5. The van der Waals surface area contributed by atoms with Crippen molar-refractivity contribution in [2.24, 2.45) is 5.73 Å². The molecular weight excluding hydrogens is 138 g/mol. The van der Waals surface area contributed by atoms with E-state index >= 15 is 0 Å². The average molecular weight is 155 g/mol. The Hall–Kier alpha value is -0.990. The predicted molar refractivity (Wildman–Crippen MR) is 48.6 cm³/mol. The van der Waals surface area contributed by atoms with Crippen LogP contribution >= 0.6 is 0 Å². The highest BCUT2D eigenvalue weighted by Crippen LogP contribution is 2.02. The van der Waals surface area contributed by atoms with Crippen LogP contribution in [0.1, 0.15) is 26.2 Å². The summed E-state index contributed by atoms with van der Waals surface area (Å²) in [5.41, 5.74) is 6.25. The van der Waals surface area contributed by atoms with Crippen molar-refractivity contribution < 1.29 is 0 Å². The minimum absolute atomic E-state index is 0.116. The summed E-state index contributed by atoms with van der Waals surface area (Å²) in [5.74, 6) is 0.116. The molecule has 0 radical (unpaired) electrons. The lowest BCUT2D eigenvalue weighted by molar-refractivity contribution is 0.745. The van der Waals surface area contributed by atoms with E-state index in [2.05, 4.69) is 12.2 Å². The zero-order valence-electron chi connectivity index (χ0n) is 7.28. The molecule has 4 N–H and O–H groups in total. The second-order valence-electron chi connectivity index (χ2n) is 2.48. The zero-order chi connectivity index (χ0) is 8.69. The van der Waals surface area contributed by atoms with Crippen molar-refractivity contribution in [3.63, 3.8) is 0 Å². The third-order valence-electron chi connectivity index (χ3n) is 1.45. The van der Waals surface area contributed by atoms with Crippen LogP contribution in [0, 0.1) is 5.41 Å². The molecule has 0 aromatic rings. The van der Waals surface area contributed by atoms with Gasteiger partial charge in [0.05, 0.1) is 0 Å². The summed E-state index contributed by atoms with van der Waals surface area (Å²) < 4.78 is 0. The lowest BCUT2D eigenvalue weighted by Crippen LogP contribution is -2.12. The molecule has 0 rings (SSSR count). The van der Waals surface area contributed by atoms with Crippen LogP contribution in [0.5, 0.6) is 0 Å². The molecule has 0 unspecified atom stereocenters. The van der Waals surface area contributed by atoms with Crippen molar-refractivity contribution in [3.05, 3.63) is 11.8 Å². The summed E-state index contributed by atoms with van der Waals surface area (Å²) in [6.45, 7) is 2.14. The normalized spacial score (nSPS) is 11.3. The Balaban J connectivity index is 3.84. The summed E-state index contributed by atoms with van der Waals surface area (Å²) in [6, 6.07) is 0. The van der Waals surface area contributed by atoms with Crippen molar-refractivity contribution in [3.8, 4) is 0 Å². The molecule has 3 heteroatoms. The van der Waals surface area contributed by atoms with Gasteiger partial charge in [0.2, 0.25) is 0 Å². The average Bonchev–Trinajstić information content (AvgIpc) is 1.97. The first-order valence-corrected chi connectivity index (χ1v) is 3.93. The zero-order valence-corrected chi connectivity index (χ0v) is 7.28. The molecule has 0 spiro atoms. The van der Waals surface area contributed by atoms with Gasteiger partial charge >= 0.3 is 0 Å². The van der Waals surface area contributed by atoms with Gasteiger partial charge in [0.25, 0.3) is 0 Å². The molecule has 0 aliphatic carbocycles.